The molecule has 2 aliphatic rings. The second-order valence-electron chi connectivity index (χ2n) is 7.26. The fourth-order valence-corrected chi connectivity index (χ4v) is 3.53. The van der Waals surface area contributed by atoms with Gasteiger partial charge < -0.3 is 4.74 Å². The summed E-state index contributed by atoms with van der Waals surface area (Å²) in [5.74, 6) is 1.18. The van der Waals surface area contributed by atoms with Gasteiger partial charge in [0, 0.05) is 69.3 Å². The lowest BCUT2D eigenvalue weighted by Gasteiger charge is -2.31. The molecule has 0 spiro atoms. The molecule has 4 rings (SSSR count). The number of hydrogen-bond donors (Lipinski definition) is 0. The summed E-state index contributed by atoms with van der Waals surface area (Å²) in [6.07, 6.45) is 8.95. The predicted octanol–water partition coefficient (Wildman–Crippen LogP) is 2.16. The van der Waals surface area contributed by atoms with Crippen molar-refractivity contribution in [2.24, 2.45) is 13.0 Å². The first-order valence-electron chi connectivity index (χ1n) is 9.05. The number of aromatic nitrogens is 4. The molecule has 0 bridgehead atoms. The van der Waals surface area contributed by atoms with E-state index in [0.717, 1.165) is 45.3 Å². The maximum Gasteiger partial charge on any atom is 0.0736 e. The van der Waals surface area contributed by atoms with E-state index in [1.165, 1.54) is 29.7 Å². The van der Waals surface area contributed by atoms with Gasteiger partial charge in [0.05, 0.1) is 18.5 Å². The molecule has 0 saturated heterocycles. The second-order valence-corrected chi connectivity index (χ2v) is 7.26. The molecule has 0 N–H and O–H groups in total. The lowest BCUT2D eigenvalue weighted by Crippen LogP contribution is -2.34. The van der Waals surface area contributed by atoms with Crippen molar-refractivity contribution < 1.29 is 4.74 Å². The van der Waals surface area contributed by atoms with Crippen molar-refractivity contribution in [3.05, 3.63) is 35.4 Å². The average molecular weight is 329 g/mol. The topological polar surface area (TPSA) is 48.1 Å². The van der Waals surface area contributed by atoms with E-state index in [2.05, 4.69) is 34.0 Å². The van der Waals surface area contributed by atoms with Crippen LogP contribution in [0.3, 0.4) is 0 Å². The summed E-state index contributed by atoms with van der Waals surface area (Å²) >= 11 is 0. The van der Waals surface area contributed by atoms with Crippen LogP contribution in [0.2, 0.25) is 0 Å². The predicted molar refractivity (Wildman–Crippen MR) is 91.5 cm³/mol. The second kappa shape index (κ2) is 6.69. The zero-order valence-electron chi connectivity index (χ0n) is 14.7. The molecule has 2 aromatic heterocycles. The minimum absolute atomic E-state index is 0.372. The highest BCUT2D eigenvalue weighted by molar-refractivity contribution is 5.25. The largest absolute Gasteiger partial charge is 0.380 e. The summed E-state index contributed by atoms with van der Waals surface area (Å²) in [5.41, 5.74) is 3.86. The van der Waals surface area contributed by atoms with Gasteiger partial charge in [-0.15, -0.1) is 0 Å². The van der Waals surface area contributed by atoms with E-state index in [9.17, 15) is 0 Å². The number of hydrogen-bond acceptors (Lipinski definition) is 4. The van der Waals surface area contributed by atoms with Crippen LogP contribution in [-0.2, 0) is 31.4 Å². The average Bonchev–Trinajstić information content (AvgIpc) is 3.15. The van der Waals surface area contributed by atoms with Gasteiger partial charge >= 0.3 is 0 Å². The lowest BCUT2D eigenvalue weighted by molar-refractivity contribution is 0.0881. The van der Waals surface area contributed by atoms with Gasteiger partial charge in [-0.05, 0) is 25.7 Å². The minimum Gasteiger partial charge on any atom is -0.380 e. The number of aryl methyl sites for hydroxylation is 2. The Morgan fingerprint density at radius 3 is 2.83 bits per heavy atom. The van der Waals surface area contributed by atoms with Gasteiger partial charge in [0.1, 0.15) is 0 Å². The van der Waals surface area contributed by atoms with Gasteiger partial charge in [0.15, 0.2) is 0 Å². The molecule has 1 unspecified atom stereocenters. The molecule has 1 fully saturated rings. The highest BCUT2D eigenvalue weighted by Gasteiger charge is 2.30. The summed E-state index contributed by atoms with van der Waals surface area (Å²) in [4.78, 5) is 2.49. The monoisotopic (exact) mass is 329 g/mol. The molecule has 3 heterocycles. The Morgan fingerprint density at radius 1 is 1.25 bits per heavy atom. The van der Waals surface area contributed by atoms with Crippen LogP contribution in [0.5, 0.6) is 0 Å². The van der Waals surface area contributed by atoms with Crippen LogP contribution in [0.15, 0.2) is 18.6 Å². The minimum atomic E-state index is 0.372. The van der Waals surface area contributed by atoms with Crippen LogP contribution < -0.4 is 0 Å². The Kier molecular flexibility index (Phi) is 4.41. The van der Waals surface area contributed by atoms with E-state index in [0.29, 0.717) is 5.92 Å². The van der Waals surface area contributed by atoms with Gasteiger partial charge in [-0.1, -0.05) is 0 Å². The first-order valence-corrected chi connectivity index (χ1v) is 9.05. The Bertz CT molecular complexity index is 687. The quantitative estimate of drug-likeness (QED) is 0.781. The Morgan fingerprint density at radius 2 is 2.12 bits per heavy atom. The molecule has 1 aliphatic carbocycles. The zero-order valence-corrected chi connectivity index (χ0v) is 14.7. The van der Waals surface area contributed by atoms with Crippen LogP contribution in [0, 0.1) is 5.92 Å². The SMILES string of the molecule is CCn1cc2c(n1)C(COCC1CC1)CN(Cc1cnn(C)c1)C2. The van der Waals surface area contributed by atoms with E-state index in [1.807, 2.05) is 17.9 Å². The molecule has 6 nitrogen and oxygen atoms in total. The van der Waals surface area contributed by atoms with Gasteiger partial charge in [0.2, 0.25) is 0 Å². The first-order chi connectivity index (χ1) is 11.7. The van der Waals surface area contributed by atoms with Crippen molar-refractivity contribution in [3.8, 4) is 0 Å². The summed E-state index contributed by atoms with van der Waals surface area (Å²) in [6.45, 7) is 7.67. The molecule has 1 aliphatic heterocycles. The van der Waals surface area contributed by atoms with Crippen LogP contribution in [0.25, 0.3) is 0 Å². The molecule has 0 radical (unpaired) electrons. The standard InChI is InChI=1S/C18H27N5O/c1-3-23-11-16-9-22(8-15-6-19-21(2)7-15)10-17(18(16)20-23)13-24-12-14-4-5-14/h6-7,11,14,17H,3-5,8-10,12-13H2,1-2H3. The van der Waals surface area contributed by atoms with Gasteiger partial charge in [-0.3, -0.25) is 14.3 Å². The molecular weight excluding hydrogens is 302 g/mol. The van der Waals surface area contributed by atoms with Crippen LogP contribution in [-0.4, -0.2) is 44.2 Å². The van der Waals surface area contributed by atoms with Gasteiger partial charge in [-0.2, -0.15) is 10.2 Å². The maximum atomic E-state index is 6.01. The maximum absolute atomic E-state index is 6.01. The zero-order chi connectivity index (χ0) is 16.5. The fraction of sp³-hybridized carbons (Fsp3) is 0.667. The smallest absolute Gasteiger partial charge is 0.0736 e. The van der Waals surface area contributed by atoms with Crippen molar-refractivity contribution >= 4 is 0 Å². The van der Waals surface area contributed by atoms with Crippen molar-refractivity contribution in [3.63, 3.8) is 0 Å². The summed E-state index contributed by atoms with van der Waals surface area (Å²) in [6, 6.07) is 0. The summed E-state index contributed by atoms with van der Waals surface area (Å²) in [7, 11) is 1.97. The third kappa shape index (κ3) is 3.54. The van der Waals surface area contributed by atoms with Crippen molar-refractivity contribution in [2.75, 3.05) is 19.8 Å². The third-order valence-electron chi connectivity index (χ3n) is 4.99. The van der Waals surface area contributed by atoms with Crippen molar-refractivity contribution in [2.45, 2.75) is 45.3 Å². The first kappa shape index (κ1) is 15.8. The molecular formula is C18H27N5O. The van der Waals surface area contributed by atoms with Gasteiger partial charge in [0.25, 0.3) is 0 Å². The van der Waals surface area contributed by atoms with Gasteiger partial charge in [-0.25, -0.2) is 0 Å². The van der Waals surface area contributed by atoms with E-state index in [4.69, 9.17) is 9.84 Å². The lowest BCUT2D eigenvalue weighted by atomic mass is 9.97. The Balaban J connectivity index is 1.46. The summed E-state index contributed by atoms with van der Waals surface area (Å²) < 4.78 is 9.94. The van der Waals surface area contributed by atoms with E-state index >= 15 is 0 Å². The normalized spacial score (nSPS) is 21.2. The van der Waals surface area contributed by atoms with Crippen molar-refractivity contribution in [1.29, 1.82) is 0 Å². The molecule has 130 valence electrons. The fourth-order valence-electron chi connectivity index (χ4n) is 3.53. The molecule has 0 amide bonds. The number of rotatable bonds is 7. The van der Waals surface area contributed by atoms with E-state index in [-0.39, 0.29) is 0 Å². The number of fused-ring (bicyclic) bond motifs is 1. The molecule has 1 atom stereocenters. The Hall–Kier alpha value is -1.66. The number of nitrogens with zero attached hydrogens (tertiary/aromatic N) is 5. The molecule has 6 heteroatoms. The third-order valence-corrected chi connectivity index (χ3v) is 4.99. The van der Waals surface area contributed by atoms with Crippen LogP contribution >= 0.6 is 0 Å². The van der Waals surface area contributed by atoms with E-state index in [1.54, 1.807) is 0 Å². The van der Waals surface area contributed by atoms with Crippen LogP contribution in [0.4, 0.5) is 0 Å². The summed E-state index contributed by atoms with van der Waals surface area (Å²) in [5, 5.41) is 9.09. The number of ether oxygens (including phenoxy) is 1. The Labute approximate surface area is 143 Å². The molecule has 0 aromatic carbocycles. The molecule has 1 saturated carbocycles. The van der Waals surface area contributed by atoms with Crippen LogP contribution in [0.1, 0.15) is 42.5 Å². The highest BCUT2D eigenvalue weighted by Crippen LogP contribution is 2.31. The molecule has 24 heavy (non-hydrogen) atoms. The highest BCUT2D eigenvalue weighted by atomic mass is 16.5. The van der Waals surface area contributed by atoms with E-state index < -0.39 is 0 Å². The molecule has 2 aromatic rings. The van der Waals surface area contributed by atoms with Crippen molar-refractivity contribution in [1.82, 2.24) is 24.5 Å².